The molecule has 2 heterocycles. The molecule has 0 saturated heterocycles. The lowest BCUT2D eigenvalue weighted by molar-refractivity contribution is -0.142. The van der Waals surface area contributed by atoms with Gasteiger partial charge in [0.25, 0.3) is 5.56 Å². The van der Waals surface area contributed by atoms with E-state index in [9.17, 15) is 9.59 Å². The van der Waals surface area contributed by atoms with E-state index in [0.717, 1.165) is 42.5 Å². The van der Waals surface area contributed by atoms with Crippen molar-refractivity contribution in [3.63, 3.8) is 0 Å². The van der Waals surface area contributed by atoms with E-state index in [2.05, 4.69) is 4.98 Å². The van der Waals surface area contributed by atoms with Gasteiger partial charge in [-0.05, 0) is 43.6 Å². The molecule has 1 fully saturated rings. The van der Waals surface area contributed by atoms with Crippen molar-refractivity contribution in [1.82, 2.24) is 14.8 Å². The molecule has 0 aliphatic heterocycles. The number of carboxylic acids is 1. The summed E-state index contributed by atoms with van der Waals surface area (Å²) in [4.78, 5) is 27.8. The predicted molar refractivity (Wildman–Crippen MR) is 126 cm³/mol. The maximum atomic E-state index is 13.0. The molecule has 0 unspecified atom stereocenters. The lowest BCUT2D eigenvalue weighted by Crippen LogP contribution is -2.29. The van der Waals surface area contributed by atoms with Crippen LogP contribution < -0.4 is 5.56 Å². The molecule has 0 radical (unpaired) electrons. The van der Waals surface area contributed by atoms with Gasteiger partial charge in [-0.25, -0.2) is 9.48 Å². The van der Waals surface area contributed by atoms with Gasteiger partial charge in [0.05, 0.1) is 17.3 Å². The summed E-state index contributed by atoms with van der Waals surface area (Å²) < 4.78 is 6.82. The van der Waals surface area contributed by atoms with Crippen LogP contribution in [0.4, 0.5) is 0 Å². The summed E-state index contributed by atoms with van der Waals surface area (Å²) in [5.41, 5.74) is 2.93. The molecule has 33 heavy (non-hydrogen) atoms. The van der Waals surface area contributed by atoms with Crippen LogP contribution in [-0.2, 0) is 16.1 Å². The normalized spacial score (nSPS) is 18.2. The molecule has 2 aromatic heterocycles. The van der Waals surface area contributed by atoms with Crippen LogP contribution in [0.25, 0.3) is 22.4 Å². The van der Waals surface area contributed by atoms with Crippen LogP contribution in [0.5, 0.6) is 0 Å². The molecule has 4 rings (SSSR count). The fourth-order valence-electron chi connectivity index (χ4n) is 4.35. The summed E-state index contributed by atoms with van der Waals surface area (Å²) >= 11 is 6.15. The summed E-state index contributed by atoms with van der Waals surface area (Å²) in [6, 6.07) is 13.2. The highest BCUT2D eigenvalue weighted by molar-refractivity contribution is 6.30. The van der Waals surface area contributed by atoms with E-state index in [1.54, 1.807) is 29.2 Å². The third-order valence-electron chi connectivity index (χ3n) is 6.04. The zero-order valence-electron chi connectivity index (χ0n) is 18.2. The molecule has 1 aliphatic rings. The van der Waals surface area contributed by atoms with Crippen LogP contribution in [0.2, 0.25) is 5.02 Å². The standard InChI is InChI=1S/C25H26ClN3O4/c26-21-10-20(12-27-13-21)22-11-23(30)29(28-25(22)19-4-2-1-3-5-19)14-17-6-8-18(9-7-17)15-33-16-24(31)32/h1-5,10-13,17-18H,6-9,14-16H2,(H,31,32)/t17-,18-. The Morgan fingerprint density at radius 3 is 2.48 bits per heavy atom. The number of hydrogen-bond acceptors (Lipinski definition) is 5. The van der Waals surface area contributed by atoms with Crippen molar-refractivity contribution in [2.45, 2.75) is 32.2 Å². The Hall–Kier alpha value is -3.03. The van der Waals surface area contributed by atoms with Crippen LogP contribution in [0.1, 0.15) is 25.7 Å². The summed E-state index contributed by atoms with van der Waals surface area (Å²) in [5, 5.41) is 14.0. The molecular formula is C25H26ClN3O4. The van der Waals surface area contributed by atoms with Gasteiger partial charge in [-0.2, -0.15) is 5.10 Å². The average Bonchev–Trinajstić information content (AvgIpc) is 2.81. The van der Waals surface area contributed by atoms with Crippen LogP contribution in [0, 0.1) is 11.8 Å². The molecule has 3 aromatic rings. The highest BCUT2D eigenvalue weighted by Crippen LogP contribution is 2.32. The van der Waals surface area contributed by atoms with Gasteiger partial charge >= 0.3 is 5.97 Å². The molecular weight excluding hydrogens is 442 g/mol. The fraction of sp³-hybridized carbons (Fsp3) is 0.360. The average molecular weight is 468 g/mol. The maximum Gasteiger partial charge on any atom is 0.329 e. The monoisotopic (exact) mass is 467 g/mol. The van der Waals surface area contributed by atoms with Gasteiger partial charge in [-0.15, -0.1) is 0 Å². The van der Waals surface area contributed by atoms with Gasteiger partial charge in [0, 0.05) is 41.7 Å². The SMILES string of the molecule is O=C(O)COC[C@H]1CC[C@H](Cn2nc(-c3ccccc3)c(-c3cncc(Cl)c3)cc2=O)CC1. The first-order valence-electron chi connectivity index (χ1n) is 11.1. The minimum absolute atomic E-state index is 0.156. The van der Waals surface area contributed by atoms with Crippen molar-refractivity contribution in [2.24, 2.45) is 11.8 Å². The molecule has 172 valence electrons. The quantitative estimate of drug-likeness (QED) is 0.523. The second-order valence-electron chi connectivity index (χ2n) is 8.48. The first kappa shape index (κ1) is 23.1. The lowest BCUT2D eigenvalue weighted by atomic mass is 9.82. The minimum Gasteiger partial charge on any atom is -0.480 e. The fourth-order valence-corrected chi connectivity index (χ4v) is 4.52. The van der Waals surface area contributed by atoms with Gasteiger partial charge in [0.15, 0.2) is 0 Å². The number of ether oxygens (including phenoxy) is 1. The lowest BCUT2D eigenvalue weighted by Gasteiger charge is -2.28. The predicted octanol–water partition coefficient (Wildman–Crippen LogP) is 4.53. The largest absolute Gasteiger partial charge is 0.480 e. The Morgan fingerprint density at radius 1 is 1.06 bits per heavy atom. The molecule has 7 nitrogen and oxygen atoms in total. The number of aliphatic carboxylic acids is 1. The molecule has 1 aromatic carbocycles. The number of benzene rings is 1. The van der Waals surface area contributed by atoms with Gasteiger partial charge in [-0.1, -0.05) is 41.9 Å². The van der Waals surface area contributed by atoms with Crippen LogP contribution in [0.3, 0.4) is 0 Å². The van der Waals surface area contributed by atoms with Crippen molar-refractivity contribution in [3.8, 4) is 22.4 Å². The number of nitrogens with zero attached hydrogens (tertiary/aromatic N) is 3. The number of carbonyl (C=O) groups is 1. The maximum absolute atomic E-state index is 13.0. The van der Waals surface area contributed by atoms with Gasteiger partial charge in [-0.3, -0.25) is 9.78 Å². The number of aromatic nitrogens is 3. The first-order chi connectivity index (χ1) is 16.0. The number of pyridine rings is 1. The summed E-state index contributed by atoms with van der Waals surface area (Å²) in [7, 11) is 0. The zero-order chi connectivity index (χ0) is 23.2. The summed E-state index contributed by atoms with van der Waals surface area (Å²) in [5.74, 6) is -0.239. The van der Waals surface area contributed by atoms with Crippen molar-refractivity contribution in [2.75, 3.05) is 13.2 Å². The van der Waals surface area contributed by atoms with E-state index in [1.807, 2.05) is 30.3 Å². The number of rotatable bonds is 8. The van der Waals surface area contributed by atoms with Crippen LogP contribution in [-0.4, -0.2) is 39.1 Å². The van der Waals surface area contributed by atoms with E-state index < -0.39 is 5.97 Å². The second-order valence-corrected chi connectivity index (χ2v) is 8.92. The van der Waals surface area contributed by atoms with Crippen LogP contribution in [0.15, 0.2) is 59.7 Å². The van der Waals surface area contributed by atoms with Crippen molar-refractivity contribution >= 4 is 17.6 Å². The molecule has 0 spiro atoms. The van der Waals surface area contributed by atoms with Crippen molar-refractivity contribution in [1.29, 1.82) is 0 Å². The molecule has 0 atom stereocenters. The Labute approximate surface area is 197 Å². The zero-order valence-corrected chi connectivity index (χ0v) is 18.9. The number of hydrogen-bond donors (Lipinski definition) is 1. The first-order valence-corrected chi connectivity index (χ1v) is 11.5. The number of carboxylic acid groups (broad SMARTS) is 1. The highest BCUT2D eigenvalue weighted by Gasteiger charge is 2.23. The molecule has 0 bridgehead atoms. The van der Waals surface area contributed by atoms with E-state index in [4.69, 9.17) is 26.5 Å². The molecule has 0 amide bonds. The topological polar surface area (TPSA) is 94.3 Å². The highest BCUT2D eigenvalue weighted by atomic mass is 35.5. The molecule has 1 aliphatic carbocycles. The smallest absolute Gasteiger partial charge is 0.329 e. The van der Waals surface area contributed by atoms with E-state index in [1.165, 1.54) is 0 Å². The number of halogens is 1. The summed E-state index contributed by atoms with van der Waals surface area (Å²) in [6.07, 6.45) is 7.07. The third kappa shape index (κ3) is 6.06. The Balaban J connectivity index is 1.54. The Bertz CT molecular complexity index is 1160. The minimum atomic E-state index is -0.944. The summed E-state index contributed by atoms with van der Waals surface area (Å²) in [6.45, 7) is 0.767. The van der Waals surface area contributed by atoms with Crippen molar-refractivity contribution in [3.05, 3.63) is 70.2 Å². The van der Waals surface area contributed by atoms with Crippen LogP contribution >= 0.6 is 11.6 Å². The van der Waals surface area contributed by atoms with E-state index in [-0.39, 0.29) is 12.2 Å². The Kier molecular flexibility index (Phi) is 7.52. The van der Waals surface area contributed by atoms with Gasteiger partial charge in [0.2, 0.25) is 0 Å². The third-order valence-corrected chi connectivity index (χ3v) is 6.24. The van der Waals surface area contributed by atoms with Gasteiger partial charge < -0.3 is 9.84 Å². The van der Waals surface area contributed by atoms with E-state index >= 15 is 0 Å². The molecule has 1 N–H and O–H groups in total. The van der Waals surface area contributed by atoms with Gasteiger partial charge in [0.1, 0.15) is 6.61 Å². The Morgan fingerprint density at radius 2 is 1.79 bits per heavy atom. The second kappa shape index (κ2) is 10.7. The van der Waals surface area contributed by atoms with Crippen molar-refractivity contribution < 1.29 is 14.6 Å². The molecule has 1 saturated carbocycles. The van der Waals surface area contributed by atoms with E-state index in [0.29, 0.717) is 35.6 Å². The molecule has 8 heteroatoms.